The number of H-pyrrole nitrogens is 1. The lowest BCUT2D eigenvalue weighted by atomic mass is 9.97. The topological polar surface area (TPSA) is 88.2 Å². The minimum absolute atomic E-state index is 0.0436. The highest BCUT2D eigenvalue weighted by Gasteiger charge is 2.24. The van der Waals surface area contributed by atoms with Crippen molar-refractivity contribution in [1.29, 1.82) is 0 Å². The van der Waals surface area contributed by atoms with Gasteiger partial charge in [-0.25, -0.2) is 9.97 Å². The Hall–Kier alpha value is -2.70. The second-order valence-corrected chi connectivity index (χ2v) is 6.38. The minimum Gasteiger partial charge on any atom is -0.477 e. The van der Waals surface area contributed by atoms with Gasteiger partial charge in [-0.3, -0.25) is 9.59 Å². The third kappa shape index (κ3) is 4.04. The Balaban J connectivity index is 1.51. The first-order valence-corrected chi connectivity index (χ1v) is 8.43. The molecule has 0 spiro atoms. The van der Waals surface area contributed by atoms with Gasteiger partial charge in [-0.2, -0.15) is 0 Å². The van der Waals surface area contributed by atoms with E-state index in [9.17, 15) is 9.59 Å². The molecule has 25 heavy (non-hydrogen) atoms. The fraction of sp³-hybridized carbons (Fsp3) is 0.444. The fourth-order valence-electron chi connectivity index (χ4n) is 2.89. The molecule has 0 bridgehead atoms. The summed E-state index contributed by atoms with van der Waals surface area (Å²) in [4.78, 5) is 36.2. The largest absolute Gasteiger partial charge is 0.477 e. The van der Waals surface area contributed by atoms with Gasteiger partial charge in [0.25, 0.3) is 5.91 Å². The number of rotatable bonds is 4. The van der Waals surface area contributed by atoms with E-state index in [1.807, 2.05) is 18.7 Å². The summed E-state index contributed by atoms with van der Waals surface area (Å²) < 4.78 is 5.86. The number of ether oxygens (including phenoxy) is 1. The van der Waals surface area contributed by atoms with Crippen LogP contribution in [-0.4, -0.2) is 45.5 Å². The number of hydrogen-bond donors (Lipinski definition) is 1. The van der Waals surface area contributed by atoms with Crippen LogP contribution in [0.25, 0.3) is 0 Å². The molecule has 1 amide bonds. The molecule has 0 radical (unpaired) electrons. The smallest absolute Gasteiger partial charge is 0.255 e. The van der Waals surface area contributed by atoms with E-state index in [-0.39, 0.29) is 11.5 Å². The average Bonchev–Trinajstić information content (AvgIpc) is 2.63. The Morgan fingerprint density at radius 1 is 1.28 bits per heavy atom. The molecule has 1 saturated heterocycles. The van der Waals surface area contributed by atoms with Crippen LogP contribution in [-0.2, 0) is 0 Å². The summed E-state index contributed by atoms with van der Waals surface area (Å²) in [5.74, 6) is 0.992. The summed E-state index contributed by atoms with van der Waals surface area (Å²) in [6, 6.07) is 2.94. The summed E-state index contributed by atoms with van der Waals surface area (Å²) in [6.45, 7) is 5.86. The maximum absolute atomic E-state index is 12.4. The van der Waals surface area contributed by atoms with Gasteiger partial charge in [0.1, 0.15) is 6.33 Å². The number of piperidine rings is 1. The van der Waals surface area contributed by atoms with Crippen molar-refractivity contribution < 1.29 is 9.53 Å². The highest BCUT2D eigenvalue weighted by molar-refractivity contribution is 5.93. The van der Waals surface area contributed by atoms with Crippen LogP contribution in [0.4, 0.5) is 0 Å². The summed E-state index contributed by atoms with van der Waals surface area (Å²) in [5, 5.41) is 0. The van der Waals surface area contributed by atoms with Crippen LogP contribution in [0.3, 0.4) is 0 Å². The van der Waals surface area contributed by atoms with Crippen molar-refractivity contribution in [2.24, 2.45) is 5.92 Å². The van der Waals surface area contributed by atoms with E-state index in [4.69, 9.17) is 4.74 Å². The van der Waals surface area contributed by atoms with Crippen LogP contribution in [0.2, 0.25) is 0 Å². The number of pyridine rings is 1. The van der Waals surface area contributed by atoms with Crippen LogP contribution in [0.5, 0.6) is 5.88 Å². The van der Waals surface area contributed by atoms with Crippen molar-refractivity contribution in [3.8, 4) is 5.88 Å². The molecule has 3 heterocycles. The zero-order chi connectivity index (χ0) is 17.8. The fourth-order valence-corrected chi connectivity index (χ4v) is 2.89. The number of hydrogen-bond acceptors (Lipinski definition) is 5. The predicted octanol–water partition coefficient (Wildman–Crippen LogP) is 1.71. The molecule has 1 aliphatic rings. The molecule has 0 aliphatic carbocycles. The van der Waals surface area contributed by atoms with Gasteiger partial charge in [0.2, 0.25) is 11.4 Å². The van der Waals surface area contributed by atoms with E-state index in [1.165, 1.54) is 18.6 Å². The van der Waals surface area contributed by atoms with Gasteiger partial charge in [0, 0.05) is 36.6 Å². The molecule has 1 fully saturated rings. The van der Waals surface area contributed by atoms with Crippen molar-refractivity contribution >= 4 is 5.91 Å². The first-order valence-electron chi connectivity index (χ1n) is 8.43. The molecule has 132 valence electrons. The Bertz CT molecular complexity index is 790. The number of likely N-dealkylation sites (tertiary alicyclic amines) is 1. The normalized spacial score (nSPS) is 15.2. The molecule has 0 atom stereocenters. The van der Waals surface area contributed by atoms with Crippen molar-refractivity contribution in [2.45, 2.75) is 26.7 Å². The molecule has 1 N–H and O–H groups in total. The number of nitrogens with zero attached hydrogens (tertiary/aromatic N) is 3. The second-order valence-electron chi connectivity index (χ2n) is 6.38. The molecule has 0 saturated carbocycles. The number of carbonyl (C=O) groups excluding carboxylic acids is 1. The van der Waals surface area contributed by atoms with Gasteiger partial charge in [0.15, 0.2) is 0 Å². The molecule has 7 nitrogen and oxygen atoms in total. The first-order chi connectivity index (χ1) is 12.0. The Morgan fingerprint density at radius 2 is 2.04 bits per heavy atom. The summed E-state index contributed by atoms with van der Waals surface area (Å²) in [7, 11) is 0. The molecule has 1 aliphatic heterocycles. The summed E-state index contributed by atoms with van der Waals surface area (Å²) in [6.07, 6.45) is 4.76. The van der Waals surface area contributed by atoms with E-state index >= 15 is 0 Å². The Kier molecular flexibility index (Phi) is 5.11. The van der Waals surface area contributed by atoms with Crippen molar-refractivity contribution in [2.75, 3.05) is 19.7 Å². The quantitative estimate of drug-likeness (QED) is 0.914. The van der Waals surface area contributed by atoms with Crippen LogP contribution in [0.1, 0.15) is 34.5 Å². The molecule has 0 aromatic carbocycles. The van der Waals surface area contributed by atoms with Crippen LogP contribution in [0.15, 0.2) is 29.5 Å². The van der Waals surface area contributed by atoms with E-state index in [1.54, 1.807) is 6.07 Å². The van der Waals surface area contributed by atoms with Gasteiger partial charge in [-0.1, -0.05) is 0 Å². The van der Waals surface area contributed by atoms with Crippen molar-refractivity contribution in [3.63, 3.8) is 0 Å². The lowest BCUT2D eigenvalue weighted by Gasteiger charge is -2.31. The lowest BCUT2D eigenvalue weighted by molar-refractivity contribution is 0.0658. The zero-order valence-corrected chi connectivity index (χ0v) is 14.5. The van der Waals surface area contributed by atoms with Gasteiger partial charge < -0.3 is 14.6 Å². The summed E-state index contributed by atoms with van der Waals surface area (Å²) >= 11 is 0. The van der Waals surface area contributed by atoms with Gasteiger partial charge in [-0.15, -0.1) is 0 Å². The van der Waals surface area contributed by atoms with E-state index < -0.39 is 0 Å². The lowest BCUT2D eigenvalue weighted by Crippen LogP contribution is -2.39. The Morgan fingerprint density at radius 3 is 2.72 bits per heavy atom. The highest BCUT2D eigenvalue weighted by atomic mass is 16.5. The first kappa shape index (κ1) is 17.1. The molecule has 2 aromatic heterocycles. The number of aromatic nitrogens is 3. The molecule has 7 heteroatoms. The van der Waals surface area contributed by atoms with Crippen LogP contribution >= 0.6 is 0 Å². The standard InChI is InChI=1S/C18H22N4O3/c1-12-13(2)20-11-21-17(12)25-10-14-5-7-22(8-6-14)18(24)15-3-4-16(23)19-9-15/h3-4,9,11,14H,5-8,10H2,1-2H3,(H,19,23). The average molecular weight is 342 g/mol. The maximum atomic E-state index is 12.4. The number of nitrogens with one attached hydrogen (secondary N) is 1. The van der Waals surface area contributed by atoms with Crippen molar-refractivity contribution in [3.05, 3.63) is 51.8 Å². The third-order valence-corrected chi connectivity index (χ3v) is 4.68. The molecule has 0 unspecified atom stereocenters. The second kappa shape index (κ2) is 7.46. The van der Waals surface area contributed by atoms with E-state index in [0.717, 1.165) is 24.1 Å². The van der Waals surface area contributed by atoms with Gasteiger partial charge in [0.05, 0.1) is 12.2 Å². The molecule has 2 aromatic rings. The summed E-state index contributed by atoms with van der Waals surface area (Å²) in [5.41, 5.74) is 2.20. The maximum Gasteiger partial charge on any atom is 0.255 e. The van der Waals surface area contributed by atoms with Gasteiger partial charge >= 0.3 is 0 Å². The minimum atomic E-state index is -0.206. The SMILES string of the molecule is Cc1ncnc(OCC2CCN(C(=O)c3ccc(=O)[nH]c3)CC2)c1C. The number of amides is 1. The molecule has 3 rings (SSSR count). The third-order valence-electron chi connectivity index (χ3n) is 4.68. The van der Waals surface area contributed by atoms with Crippen LogP contribution in [0, 0.1) is 19.8 Å². The molecular weight excluding hydrogens is 320 g/mol. The highest BCUT2D eigenvalue weighted by Crippen LogP contribution is 2.21. The van der Waals surface area contributed by atoms with Gasteiger partial charge in [-0.05, 0) is 38.7 Å². The van der Waals surface area contributed by atoms with E-state index in [2.05, 4.69) is 15.0 Å². The van der Waals surface area contributed by atoms with Crippen LogP contribution < -0.4 is 10.3 Å². The molecular formula is C18H22N4O3. The van der Waals surface area contributed by atoms with Crippen molar-refractivity contribution in [1.82, 2.24) is 19.9 Å². The predicted molar refractivity (Wildman–Crippen MR) is 92.7 cm³/mol. The number of carbonyl (C=O) groups is 1. The monoisotopic (exact) mass is 342 g/mol. The number of aryl methyl sites for hydroxylation is 1. The zero-order valence-electron chi connectivity index (χ0n) is 14.5. The number of aromatic amines is 1. The Labute approximate surface area is 146 Å². The van der Waals surface area contributed by atoms with E-state index in [0.29, 0.717) is 37.1 Å².